The molecular weight excluding hydrogens is 302 g/mol. The molecule has 0 spiro atoms. The van der Waals surface area contributed by atoms with Gasteiger partial charge in [-0.1, -0.05) is 0 Å². The fourth-order valence-electron chi connectivity index (χ4n) is 1.69. The summed E-state index contributed by atoms with van der Waals surface area (Å²) in [4.78, 5) is 11.6. The molecule has 1 atom stereocenters. The number of halogens is 2. The van der Waals surface area contributed by atoms with Crippen LogP contribution in [0.25, 0.3) is 0 Å². The Hall–Kier alpha value is -1.54. The third-order valence-electron chi connectivity index (χ3n) is 2.77. The van der Waals surface area contributed by atoms with Gasteiger partial charge in [-0.25, -0.2) is 17.2 Å². The van der Waals surface area contributed by atoms with Crippen LogP contribution in [0.4, 0.5) is 8.78 Å². The quantitative estimate of drug-likeness (QED) is 0.760. The second kappa shape index (κ2) is 7.46. The van der Waals surface area contributed by atoms with Crippen molar-refractivity contribution >= 4 is 15.7 Å². The molecule has 1 rings (SSSR count). The third-order valence-corrected chi connectivity index (χ3v) is 3.75. The molecule has 0 heterocycles. The number of carbonyl (C=O) groups is 1. The van der Waals surface area contributed by atoms with Crippen LogP contribution >= 0.6 is 0 Å². The van der Waals surface area contributed by atoms with Crippen LogP contribution in [0.2, 0.25) is 0 Å². The van der Waals surface area contributed by atoms with Crippen molar-refractivity contribution < 1.29 is 22.0 Å². The fraction of sp³-hybridized carbons (Fsp3) is 0.462. The number of benzene rings is 1. The van der Waals surface area contributed by atoms with Crippen molar-refractivity contribution in [2.75, 3.05) is 18.6 Å². The lowest BCUT2D eigenvalue weighted by Crippen LogP contribution is -2.42. The van der Waals surface area contributed by atoms with Gasteiger partial charge < -0.3 is 11.1 Å². The Morgan fingerprint density at radius 2 is 1.86 bits per heavy atom. The lowest BCUT2D eigenvalue weighted by molar-refractivity contribution is -0.122. The molecule has 21 heavy (non-hydrogen) atoms. The maximum absolute atomic E-state index is 12.9. The first-order chi connectivity index (χ1) is 9.67. The van der Waals surface area contributed by atoms with Gasteiger partial charge in [0.15, 0.2) is 0 Å². The Balaban J connectivity index is 2.39. The number of sulfone groups is 1. The maximum Gasteiger partial charge on any atom is 0.236 e. The molecule has 118 valence electrons. The summed E-state index contributed by atoms with van der Waals surface area (Å²) >= 11 is 0. The predicted molar refractivity (Wildman–Crippen MR) is 75.4 cm³/mol. The van der Waals surface area contributed by atoms with Crippen LogP contribution in [0.5, 0.6) is 0 Å². The predicted octanol–water partition coefficient (Wildman–Crippen LogP) is 0.386. The van der Waals surface area contributed by atoms with Gasteiger partial charge in [-0.05, 0) is 30.5 Å². The summed E-state index contributed by atoms with van der Waals surface area (Å²) in [6.07, 6.45) is 1.34. The number of hydrogen-bond acceptors (Lipinski definition) is 4. The summed E-state index contributed by atoms with van der Waals surface area (Å²) in [5, 5.41) is 2.50. The van der Waals surface area contributed by atoms with E-state index in [0.717, 1.165) is 12.3 Å². The van der Waals surface area contributed by atoms with Crippen LogP contribution in [0.1, 0.15) is 12.0 Å². The number of carbonyl (C=O) groups excluding carboxylic acids is 1. The van der Waals surface area contributed by atoms with E-state index >= 15 is 0 Å². The summed E-state index contributed by atoms with van der Waals surface area (Å²) < 4.78 is 47.8. The molecule has 0 radical (unpaired) electrons. The Bertz CT molecular complexity index is 585. The number of rotatable bonds is 7. The Morgan fingerprint density at radius 1 is 1.29 bits per heavy atom. The first-order valence-electron chi connectivity index (χ1n) is 6.33. The molecule has 0 saturated heterocycles. The highest BCUT2D eigenvalue weighted by atomic mass is 32.2. The molecule has 1 unspecified atom stereocenters. The van der Waals surface area contributed by atoms with Crippen molar-refractivity contribution in [1.82, 2.24) is 5.32 Å². The molecule has 0 bridgehead atoms. The average Bonchev–Trinajstić information content (AvgIpc) is 2.33. The standard InChI is InChI=1S/C13H18F2N2O3S/c1-21(19,20)5-3-12(16)13(18)17-4-2-9-6-10(14)8-11(15)7-9/h6-8,12H,2-5,16H2,1H3,(H,17,18). The van der Waals surface area contributed by atoms with Gasteiger partial charge in [0.25, 0.3) is 0 Å². The minimum absolute atomic E-state index is 0.0270. The van der Waals surface area contributed by atoms with E-state index in [4.69, 9.17) is 5.73 Å². The molecule has 1 aromatic carbocycles. The summed E-state index contributed by atoms with van der Waals surface area (Å²) in [6, 6.07) is 2.20. The molecule has 3 N–H and O–H groups in total. The van der Waals surface area contributed by atoms with Gasteiger partial charge in [-0.15, -0.1) is 0 Å². The second-order valence-corrected chi connectivity index (χ2v) is 7.10. The minimum Gasteiger partial charge on any atom is -0.354 e. The van der Waals surface area contributed by atoms with E-state index in [2.05, 4.69) is 5.32 Å². The van der Waals surface area contributed by atoms with Crippen molar-refractivity contribution in [2.24, 2.45) is 5.73 Å². The molecule has 5 nitrogen and oxygen atoms in total. The van der Waals surface area contributed by atoms with Crippen LogP contribution in [0.3, 0.4) is 0 Å². The molecule has 0 aliphatic carbocycles. The third kappa shape index (κ3) is 7.14. The van der Waals surface area contributed by atoms with E-state index in [0.29, 0.717) is 5.56 Å². The number of nitrogens with one attached hydrogen (secondary N) is 1. The van der Waals surface area contributed by atoms with Gasteiger partial charge in [0.05, 0.1) is 11.8 Å². The molecule has 0 saturated carbocycles. The summed E-state index contributed by atoms with van der Waals surface area (Å²) in [5.41, 5.74) is 5.97. The molecule has 1 amide bonds. The molecule has 0 aliphatic rings. The van der Waals surface area contributed by atoms with Crippen LogP contribution in [0, 0.1) is 11.6 Å². The zero-order chi connectivity index (χ0) is 16.0. The van der Waals surface area contributed by atoms with Gasteiger partial charge in [0, 0.05) is 18.9 Å². The van der Waals surface area contributed by atoms with Gasteiger partial charge >= 0.3 is 0 Å². The highest BCUT2D eigenvalue weighted by Gasteiger charge is 2.15. The highest BCUT2D eigenvalue weighted by molar-refractivity contribution is 7.90. The minimum atomic E-state index is -3.17. The van der Waals surface area contributed by atoms with Crippen LogP contribution in [-0.4, -0.2) is 38.9 Å². The lowest BCUT2D eigenvalue weighted by Gasteiger charge is -2.11. The SMILES string of the molecule is CS(=O)(=O)CCC(N)C(=O)NCCc1cc(F)cc(F)c1. The summed E-state index contributed by atoms with van der Waals surface area (Å²) in [7, 11) is -3.17. The molecule has 1 aromatic rings. The number of amides is 1. The van der Waals surface area contributed by atoms with Gasteiger partial charge in [0.1, 0.15) is 21.5 Å². The second-order valence-electron chi connectivity index (χ2n) is 4.84. The van der Waals surface area contributed by atoms with E-state index in [1.54, 1.807) is 0 Å². The maximum atomic E-state index is 12.9. The van der Waals surface area contributed by atoms with E-state index in [9.17, 15) is 22.0 Å². The summed E-state index contributed by atoms with van der Waals surface area (Å²) in [5.74, 6) is -2.02. The van der Waals surface area contributed by atoms with Gasteiger partial charge in [-0.3, -0.25) is 4.79 Å². The monoisotopic (exact) mass is 320 g/mol. The molecular formula is C13H18F2N2O3S. The van der Waals surface area contributed by atoms with Gasteiger partial charge in [-0.2, -0.15) is 0 Å². The van der Waals surface area contributed by atoms with Crippen molar-refractivity contribution in [3.05, 3.63) is 35.4 Å². The van der Waals surface area contributed by atoms with Crippen molar-refractivity contribution in [2.45, 2.75) is 18.9 Å². The molecule has 0 fully saturated rings. The topological polar surface area (TPSA) is 89.3 Å². The van der Waals surface area contributed by atoms with Crippen LogP contribution in [0.15, 0.2) is 18.2 Å². The van der Waals surface area contributed by atoms with Crippen molar-refractivity contribution in [1.29, 1.82) is 0 Å². The number of hydrogen-bond donors (Lipinski definition) is 2. The van der Waals surface area contributed by atoms with Crippen molar-refractivity contribution in [3.8, 4) is 0 Å². The fourth-order valence-corrected chi connectivity index (χ4v) is 2.37. The first kappa shape index (κ1) is 17.5. The van der Waals surface area contributed by atoms with Crippen molar-refractivity contribution in [3.63, 3.8) is 0 Å². The van der Waals surface area contributed by atoms with Crippen LogP contribution < -0.4 is 11.1 Å². The first-order valence-corrected chi connectivity index (χ1v) is 8.39. The van der Waals surface area contributed by atoms with E-state index in [1.807, 2.05) is 0 Å². The van der Waals surface area contributed by atoms with E-state index in [-0.39, 0.29) is 25.1 Å². The molecule has 8 heteroatoms. The Morgan fingerprint density at radius 3 is 2.38 bits per heavy atom. The Labute approximate surface area is 122 Å². The summed E-state index contributed by atoms with van der Waals surface area (Å²) in [6.45, 7) is 0.161. The van der Waals surface area contributed by atoms with Gasteiger partial charge in [0.2, 0.25) is 5.91 Å². The normalized spacial score (nSPS) is 13.0. The van der Waals surface area contributed by atoms with Crippen LogP contribution in [-0.2, 0) is 21.1 Å². The highest BCUT2D eigenvalue weighted by Crippen LogP contribution is 2.08. The zero-order valence-electron chi connectivity index (χ0n) is 11.6. The molecule has 0 aliphatic heterocycles. The number of nitrogens with two attached hydrogens (primary N) is 1. The van der Waals surface area contributed by atoms with E-state index < -0.39 is 33.4 Å². The average molecular weight is 320 g/mol. The van der Waals surface area contributed by atoms with E-state index in [1.165, 1.54) is 12.1 Å². The molecule has 0 aromatic heterocycles. The zero-order valence-corrected chi connectivity index (χ0v) is 12.4. The lowest BCUT2D eigenvalue weighted by atomic mass is 10.1. The smallest absolute Gasteiger partial charge is 0.236 e. The largest absolute Gasteiger partial charge is 0.354 e. The Kier molecular flexibility index (Phi) is 6.22.